The fourth-order valence-electron chi connectivity index (χ4n) is 2.24. The molecule has 0 unspecified atom stereocenters. The first kappa shape index (κ1) is 14.1. The van der Waals surface area contributed by atoms with Gasteiger partial charge >= 0.3 is 0 Å². The molecule has 0 aliphatic rings. The standard InChI is InChI=1S/C16H17N5O/c1-10-12(3)21(9-17-10)14-6-4-13(5-7-14)19-16(22)15-8-18-20-11(15)2/h4-9H,1-3H3,(H,18,20)(H,19,22). The zero-order valence-corrected chi connectivity index (χ0v) is 12.7. The lowest BCUT2D eigenvalue weighted by Crippen LogP contribution is -2.12. The summed E-state index contributed by atoms with van der Waals surface area (Å²) in [5.74, 6) is -0.173. The maximum Gasteiger partial charge on any atom is 0.259 e. The number of H-pyrrole nitrogens is 1. The third-order valence-electron chi connectivity index (χ3n) is 3.73. The summed E-state index contributed by atoms with van der Waals surface area (Å²) in [5.41, 5.74) is 5.15. The van der Waals surface area contributed by atoms with Crippen LogP contribution in [0.2, 0.25) is 0 Å². The number of amides is 1. The number of aryl methyl sites for hydroxylation is 2. The van der Waals surface area contributed by atoms with Crippen molar-refractivity contribution >= 4 is 11.6 Å². The van der Waals surface area contributed by atoms with Gasteiger partial charge in [-0.15, -0.1) is 0 Å². The number of aromatic nitrogens is 4. The fourth-order valence-corrected chi connectivity index (χ4v) is 2.24. The Morgan fingerprint density at radius 3 is 2.45 bits per heavy atom. The van der Waals surface area contributed by atoms with Gasteiger partial charge in [-0.25, -0.2) is 4.98 Å². The van der Waals surface area contributed by atoms with E-state index in [1.54, 1.807) is 6.33 Å². The van der Waals surface area contributed by atoms with Crippen LogP contribution in [-0.4, -0.2) is 25.7 Å². The highest BCUT2D eigenvalue weighted by molar-refractivity contribution is 6.04. The molecular weight excluding hydrogens is 278 g/mol. The summed E-state index contributed by atoms with van der Waals surface area (Å²) in [7, 11) is 0. The molecule has 0 atom stereocenters. The molecule has 3 aromatic rings. The van der Waals surface area contributed by atoms with Crippen LogP contribution >= 0.6 is 0 Å². The third-order valence-corrected chi connectivity index (χ3v) is 3.73. The molecule has 6 heteroatoms. The summed E-state index contributed by atoms with van der Waals surface area (Å²) in [5, 5.41) is 9.47. The lowest BCUT2D eigenvalue weighted by molar-refractivity contribution is 0.102. The molecule has 2 aromatic heterocycles. The second kappa shape index (κ2) is 5.48. The molecule has 112 valence electrons. The normalized spacial score (nSPS) is 10.7. The smallest absolute Gasteiger partial charge is 0.259 e. The summed E-state index contributed by atoms with van der Waals surface area (Å²) in [6, 6.07) is 7.65. The van der Waals surface area contributed by atoms with E-state index in [2.05, 4.69) is 20.5 Å². The quantitative estimate of drug-likeness (QED) is 0.780. The first-order valence-electron chi connectivity index (χ1n) is 6.98. The summed E-state index contributed by atoms with van der Waals surface area (Å²) < 4.78 is 2.02. The van der Waals surface area contributed by atoms with Crippen LogP contribution in [0.4, 0.5) is 5.69 Å². The number of hydrogen-bond donors (Lipinski definition) is 2. The van der Waals surface area contributed by atoms with Crippen molar-refractivity contribution < 1.29 is 4.79 Å². The van der Waals surface area contributed by atoms with Crippen molar-refractivity contribution in [1.29, 1.82) is 0 Å². The zero-order chi connectivity index (χ0) is 15.7. The number of anilines is 1. The van der Waals surface area contributed by atoms with Gasteiger partial charge in [0.2, 0.25) is 0 Å². The van der Waals surface area contributed by atoms with E-state index in [1.807, 2.05) is 49.6 Å². The second-order valence-electron chi connectivity index (χ2n) is 5.20. The number of rotatable bonds is 3. The fraction of sp³-hybridized carbons (Fsp3) is 0.188. The Balaban J connectivity index is 1.79. The monoisotopic (exact) mass is 295 g/mol. The van der Waals surface area contributed by atoms with Gasteiger partial charge in [0.1, 0.15) is 0 Å². The van der Waals surface area contributed by atoms with Gasteiger partial charge in [-0.1, -0.05) is 0 Å². The molecule has 0 spiro atoms. The summed E-state index contributed by atoms with van der Waals surface area (Å²) in [6.45, 7) is 5.82. The molecular formula is C16H17N5O. The van der Waals surface area contributed by atoms with Crippen molar-refractivity contribution in [2.24, 2.45) is 0 Å². The number of hydrogen-bond acceptors (Lipinski definition) is 3. The SMILES string of the molecule is Cc1ncn(-c2ccc(NC(=O)c3cn[nH]c3C)cc2)c1C. The predicted molar refractivity (Wildman–Crippen MR) is 84.3 cm³/mol. The van der Waals surface area contributed by atoms with E-state index in [0.717, 1.165) is 28.5 Å². The van der Waals surface area contributed by atoms with Crippen LogP contribution in [0.5, 0.6) is 0 Å². The van der Waals surface area contributed by atoms with E-state index in [1.165, 1.54) is 6.20 Å². The molecule has 0 aliphatic heterocycles. The van der Waals surface area contributed by atoms with Crippen LogP contribution in [0, 0.1) is 20.8 Å². The Morgan fingerprint density at radius 2 is 1.91 bits per heavy atom. The molecule has 3 rings (SSSR count). The van der Waals surface area contributed by atoms with Gasteiger partial charge in [-0.3, -0.25) is 9.89 Å². The van der Waals surface area contributed by atoms with Gasteiger partial charge in [-0.2, -0.15) is 5.10 Å². The molecule has 0 aliphatic carbocycles. The molecule has 0 bridgehead atoms. The summed E-state index contributed by atoms with van der Waals surface area (Å²) in [6.07, 6.45) is 3.32. The zero-order valence-electron chi connectivity index (χ0n) is 12.7. The first-order chi connectivity index (χ1) is 10.6. The van der Waals surface area contributed by atoms with E-state index in [-0.39, 0.29) is 5.91 Å². The lowest BCUT2D eigenvalue weighted by Gasteiger charge is -2.08. The van der Waals surface area contributed by atoms with Crippen molar-refractivity contribution in [2.75, 3.05) is 5.32 Å². The van der Waals surface area contributed by atoms with Crippen LogP contribution in [0.15, 0.2) is 36.8 Å². The molecule has 6 nitrogen and oxygen atoms in total. The Labute approximate surface area is 128 Å². The molecule has 0 saturated carbocycles. The van der Waals surface area contributed by atoms with Gasteiger partial charge in [0.15, 0.2) is 0 Å². The van der Waals surface area contributed by atoms with Gasteiger partial charge in [-0.05, 0) is 45.0 Å². The van der Waals surface area contributed by atoms with Crippen molar-refractivity contribution in [3.63, 3.8) is 0 Å². The molecule has 2 N–H and O–H groups in total. The Kier molecular flexibility index (Phi) is 3.50. The number of carbonyl (C=O) groups is 1. The van der Waals surface area contributed by atoms with Crippen molar-refractivity contribution in [2.45, 2.75) is 20.8 Å². The van der Waals surface area contributed by atoms with Crippen LogP contribution in [0.1, 0.15) is 27.4 Å². The van der Waals surface area contributed by atoms with E-state index >= 15 is 0 Å². The third kappa shape index (κ3) is 2.50. The average Bonchev–Trinajstić information content (AvgIpc) is 3.07. The first-order valence-corrected chi connectivity index (χ1v) is 6.98. The Hall–Kier alpha value is -2.89. The summed E-state index contributed by atoms with van der Waals surface area (Å²) in [4.78, 5) is 16.4. The topological polar surface area (TPSA) is 75.6 Å². The number of nitrogens with zero attached hydrogens (tertiary/aromatic N) is 3. The number of nitrogens with one attached hydrogen (secondary N) is 2. The minimum absolute atomic E-state index is 0.173. The average molecular weight is 295 g/mol. The minimum atomic E-state index is -0.173. The highest BCUT2D eigenvalue weighted by atomic mass is 16.1. The maximum atomic E-state index is 12.1. The van der Waals surface area contributed by atoms with Crippen molar-refractivity contribution in [3.8, 4) is 5.69 Å². The Morgan fingerprint density at radius 1 is 1.18 bits per heavy atom. The highest BCUT2D eigenvalue weighted by Crippen LogP contribution is 2.17. The van der Waals surface area contributed by atoms with Gasteiger partial charge < -0.3 is 9.88 Å². The van der Waals surface area contributed by atoms with Gasteiger partial charge in [0, 0.05) is 22.8 Å². The maximum absolute atomic E-state index is 12.1. The number of benzene rings is 1. The molecule has 22 heavy (non-hydrogen) atoms. The Bertz CT molecular complexity index is 813. The number of carbonyl (C=O) groups excluding carboxylic acids is 1. The minimum Gasteiger partial charge on any atom is -0.322 e. The molecule has 1 aromatic carbocycles. The molecule has 2 heterocycles. The van der Waals surface area contributed by atoms with Gasteiger partial charge in [0.05, 0.1) is 23.8 Å². The van der Waals surface area contributed by atoms with E-state index in [9.17, 15) is 4.79 Å². The highest BCUT2D eigenvalue weighted by Gasteiger charge is 2.11. The van der Waals surface area contributed by atoms with Crippen LogP contribution in [-0.2, 0) is 0 Å². The second-order valence-corrected chi connectivity index (χ2v) is 5.20. The van der Waals surface area contributed by atoms with E-state index in [4.69, 9.17) is 0 Å². The van der Waals surface area contributed by atoms with Crippen molar-refractivity contribution in [1.82, 2.24) is 19.7 Å². The van der Waals surface area contributed by atoms with Crippen LogP contribution in [0.25, 0.3) is 5.69 Å². The predicted octanol–water partition coefficient (Wildman–Crippen LogP) is 2.77. The van der Waals surface area contributed by atoms with E-state index in [0.29, 0.717) is 5.56 Å². The molecule has 0 radical (unpaired) electrons. The number of imidazole rings is 1. The lowest BCUT2D eigenvalue weighted by atomic mass is 10.2. The largest absolute Gasteiger partial charge is 0.322 e. The van der Waals surface area contributed by atoms with E-state index < -0.39 is 0 Å². The number of aromatic amines is 1. The van der Waals surface area contributed by atoms with Gasteiger partial charge in [0.25, 0.3) is 5.91 Å². The molecule has 0 fully saturated rings. The molecule has 1 amide bonds. The summed E-state index contributed by atoms with van der Waals surface area (Å²) >= 11 is 0. The van der Waals surface area contributed by atoms with Crippen LogP contribution in [0.3, 0.4) is 0 Å². The van der Waals surface area contributed by atoms with Crippen LogP contribution < -0.4 is 5.32 Å². The van der Waals surface area contributed by atoms with Crippen molar-refractivity contribution in [3.05, 3.63) is 59.4 Å². The molecule has 0 saturated heterocycles.